The Morgan fingerprint density at radius 3 is 0.993 bits per heavy atom. The zero-order valence-electron chi connectivity index (χ0n) is 79.6. The van der Waals surface area contributed by atoms with Gasteiger partial charge in [0.25, 0.3) is 47.0 Å². The summed E-state index contributed by atoms with van der Waals surface area (Å²) in [5, 5.41) is 106. The second-order valence-electron chi connectivity index (χ2n) is 28.7. The number of fused-ring (bicyclic) bond motifs is 7. The molecule has 0 spiro atoms. The quantitative estimate of drug-likeness (QED) is 0.00691. The summed E-state index contributed by atoms with van der Waals surface area (Å²) < 4.78 is 55.1. The fourth-order valence-electron chi connectivity index (χ4n) is 13.9. The van der Waals surface area contributed by atoms with E-state index in [1.807, 2.05) is 0 Å². The number of aliphatic hydroxyl groups excluding tert-OH is 1. The van der Waals surface area contributed by atoms with E-state index in [9.17, 15) is 38.7 Å². The highest BCUT2D eigenvalue weighted by molar-refractivity contribution is 6.40. The van der Waals surface area contributed by atoms with Crippen LogP contribution < -0.4 is 98.5 Å². The fraction of sp³-hybridized carbons (Fsp3) is 0.244. The van der Waals surface area contributed by atoms with Crippen molar-refractivity contribution in [3.63, 3.8) is 0 Å². The van der Waals surface area contributed by atoms with Crippen molar-refractivity contribution < 1.29 is 143 Å². The third-order valence-electron chi connectivity index (χ3n) is 20.9. The zero-order chi connectivity index (χ0) is 107. The number of carbonyl (C=O) groups is 3. The van der Waals surface area contributed by atoms with E-state index in [-0.39, 0.29) is 121 Å². The predicted octanol–water partition coefficient (Wildman–Crippen LogP) is 8.11. The van der Waals surface area contributed by atoms with Crippen LogP contribution in [0.3, 0.4) is 0 Å². The average molecular weight is 2090 g/mol. The summed E-state index contributed by atoms with van der Waals surface area (Å²) in [6.07, 6.45) is 0.132. The predicted molar refractivity (Wildman–Crippen MR) is 511 cm³/mol. The molecular weight excluding hydrogens is 2000 g/mol. The van der Waals surface area contributed by atoms with Crippen molar-refractivity contribution in [1.82, 2.24) is 111 Å². The van der Waals surface area contributed by atoms with Crippen LogP contribution in [0.25, 0.3) is 100 Å². The van der Waals surface area contributed by atoms with Crippen molar-refractivity contribution >= 4 is 158 Å². The number of tetrazole rings is 2. The van der Waals surface area contributed by atoms with Crippen LogP contribution in [0.2, 0.25) is 10.3 Å². The number of aromatic amines is 6. The van der Waals surface area contributed by atoms with Crippen LogP contribution in [0.4, 0.5) is 39.8 Å². The number of nitrogens with one attached hydrogen (secondary N) is 13. The van der Waals surface area contributed by atoms with Gasteiger partial charge < -0.3 is 77.1 Å². The number of hydrogen-bond acceptors (Lipinski definition) is 57. The molecule has 0 amide bonds. The molecule has 0 aliphatic rings. The van der Waals surface area contributed by atoms with E-state index in [2.05, 4.69) is 195 Å². The normalized spacial score (nSPS) is 10.6. The van der Waals surface area contributed by atoms with Gasteiger partial charge in [0, 0.05) is 5.56 Å². The lowest BCUT2D eigenvalue weighted by Crippen LogP contribution is -2.29. The van der Waals surface area contributed by atoms with Crippen molar-refractivity contribution in [2.24, 2.45) is 0 Å². The molecule has 21 N–H and O–H groups in total. The Bertz CT molecular complexity index is 7850. The largest absolute Gasteiger partial charge is 0.477 e. The van der Waals surface area contributed by atoms with Gasteiger partial charge >= 0.3 is 40.1 Å². The molecule has 0 radical (unpaired) electrons. The van der Waals surface area contributed by atoms with Crippen LogP contribution in [-0.4, -0.2) is 249 Å². The number of nitriles is 1. The van der Waals surface area contributed by atoms with Crippen LogP contribution in [0, 0.1) is 59.8 Å². The topological polar surface area (TPSA) is 856 Å². The summed E-state index contributed by atoms with van der Waals surface area (Å²) in [6, 6.07) is 12.9. The Balaban J connectivity index is 0.000000176. The molecule has 0 aliphatic carbocycles. The minimum atomic E-state index is -0.888. The van der Waals surface area contributed by atoms with Crippen LogP contribution in [0.5, 0.6) is 47.0 Å². The number of aliphatic hydroxyl groups is 1. The number of H-pyrrole nitrogens is 6. The molecule has 16 rings (SSSR count). The Morgan fingerprint density at radius 1 is 0.340 bits per heavy atom. The van der Waals surface area contributed by atoms with Gasteiger partial charge in [0.2, 0.25) is 11.6 Å². The summed E-state index contributed by atoms with van der Waals surface area (Å²) in [7, 11) is 15.3. The molecule has 0 bridgehead atoms. The van der Waals surface area contributed by atoms with Crippen molar-refractivity contribution in [2.75, 3.05) is 117 Å². The van der Waals surface area contributed by atoms with Gasteiger partial charge in [-0.2, -0.15) is 15.7 Å². The first-order valence-corrected chi connectivity index (χ1v) is 41.6. The van der Waals surface area contributed by atoms with Crippen molar-refractivity contribution in [2.45, 2.75) is 61.5 Å². The van der Waals surface area contributed by atoms with Gasteiger partial charge in [-0.3, -0.25) is 19.2 Å². The lowest BCUT2D eigenvalue weighted by molar-refractivity contribution is -0.215. The molecule has 0 aliphatic heterocycles. The van der Waals surface area contributed by atoms with E-state index in [1.54, 1.807) is 72.7 Å². The van der Waals surface area contributed by atoms with Gasteiger partial charge in [-0.1, -0.05) is 23.2 Å². The lowest BCUT2D eigenvalue weighted by atomic mass is 10.0. The van der Waals surface area contributed by atoms with E-state index < -0.39 is 40.1 Å². The number of halogens is 2. The number of benzene rings is 7. The second-order valence-corrected chi connectivity index (χ2v) is 29.5. The van der Waals surface area contributed by atoms with E-state index in [0.29, 0.717) is 151 Å². The summed E-state index contributed by atoms with van der Waals surface area (Å²) in [6.45, 7) is 11.6. The average Bonchev–Trinajstić information content (AvgIpc) is 1.51. The second kappa shape index (κ2) is 51.2. The summed E-state index contributed by atoms with van der Waals surface area (Å²) in [5.41, 5.74) is 26.7. The number of nitrogens with zero attached hydrogens (tertiary/aromatic N) is 17. The Kier molecular flexibility index (Phi) is 38.7. The lowest BCUT2D eigenvalue weighted by Gasteiger charge is -2.14. The van der Waals surface area contributed by atoms with Gasteiger partial charge in [0.15, 0.2) is 10.3 Å². The van der Waals surface area contributed by atoms with Crippen LogP contribution in [0.1, 0.15) is 81.1 Å². The van der Waals surface area contributed by atoms with E-state index in [4.69, 9.17) is 113 Å². The highest BCUT2D eigenvalue weighted by atomic mass is 35.5. The fourth-order valence-corrected chi connectivity index (χ4v) is 14.2. The highest BCUT2D eigenvalue weighted by Crippen LogP contribution is 2.41. The first kappa shape index (κ1) is 111. The molecule has 9 aromatic heterocycles. The molecule has 65 heteroatoms. The minimum absolute atomic E-state index is 0.00491. The molecule has 7 aromatic carbocycles. The molecule has 16 aromatic rings. The Labute approximate surface area is 829 Å². The molecule has 147 heavy (non-hydrogen) atoms. The van der Waals surface area contributed by atoms with Gasteiger partial charge in [0.1, 0.15) is 16.6 Å². The van der Waals surface area contributed by atoms with Gasteiger partial charge in [-0.25, -0.2) is 139 Å². The molecule has 63 nitrogen and oxygen atoms in total. The van der Waals surface area contributed by atoms with Gasteiger partial charge in [-0.15, -0.1) is 55.3 Å². The maximum atomic E-state index is 12.1. The van der Waals surface area contributed by atoms with E-state index >= 15 is 0 Å². The smallest absolute Gasteiger partial charge is 0.340 e. The number of methoxy groups -OCH3 is 11. The Hall–Kier alpha value is -17.9. The number of ether oxygens (including phenoxy) is 11. The number of esters is 3. The molecular formula is C82H86Cl2N30O33. The summed E-state index contributed by atoms with van der Waals surface area (Å²) in [5.74, 6) is 0.250. The minimum Gasteiger partial charge on any atom is -0.477 e. The monoisotopic (exact) mass is 2090 g/mol. The first-order chi connectivity index (χ1) is 70.7. The molecule has 0 fully saturated rings. The van der Waals surface area contributed by atoms with E-state index in [1.165, 1.54) is 96.4 Å². The SMILES string of the molecule is COC(=O)c1c(C)c(NOO)cc2[nH]c(=O)c(=O)[nH]c12.COC(=O)c1c(C)c(NOO)cc2nc(Cl)c(Cl)nc12.COC(=O)c1c(C)c(NOO)cc2nc(OC)c(OC)nc12.COc1nc2cc(NOO)c(C)c(-c3nn[nH]n3)c2nc1OC.COc1nc2cc(NOO)c(C)c(CC#N)c2nc1OC.COc1nc2cc(NOO)c(C)c(CO)c2nc1OC.Cc1c(NOO)cc2[nH]c(=O)c(=O)[nH]c2c1-c1nn[nH]n1. The van der Waals surface area contributed by atoms with Crippen LogP contribution in [0.15, 0.2) is 61.6 Å². The van der Waals surface area contributed by atoms with Crippen molar-refractivity contribution in [3.05, 3.63) is 161 Å². The first-order valence-electron chi connectivity index (χ1n) is 40.8. The number of anilines is 7. The summed E-state index contributed by atoms with van der Waals surface area (Å²) in [4.78, 5) is 161. The number of carbonyl (C=O) groups excluding carboxylic acids is 3. The van der Waals surface area contributed by atoms with Crippen molar-refractivity contribution in [3.8, 4) is 75.9 Å². The third-order valence-corrected chi connectivity index (χ3v) is 21.6. The van der Waals surface area contributed by atoms with Gasteiger partial charge in [-0.05, 0) is 146 Å². The number of hydrogen-bond donors (Lipinski definition) is 21. The maximum absolute atomic E-state index is 12.1. The Morgan fingerprint density at radius 2 is 0.619 bits per heavy atom. The number of rotatable bonds is 29. The standard InChI is InChI=1S/C13H14N4O4.C13H15N3O6.C12H13N7O4.C12H15N3O5.C11H9Cl2N3O4.C11H11N3O6.C10H9N7O4/c1-7-8(4-5-14)11-10(6-9(7)17-21-18)15-12(19-2)13(16-11)20-3;1-6-7(16-22-18)5-8-10(9(6)13(17)21-4)15-12(20-3)11(14-8)19-2;1-5-6(17-23-20)4-7-9(8(5)10-15-18-19-16-10)14-12(22-3)11(13-7)21-2;1-6-7(5-16)10-9(4-8(6)15-20-17)13-11(18-2)12(14-10)19-3;1-4-5(16-20-18)3-6-8(7(4)11(17)19-2)15-10(13)9(12)14-6;1-4-5(14-20-18)3-6-8(7(4)11(17)19-2)13-10(16)9(15)12-6;1-3-4(15-21-20)2-5-7(12-10(19)9(18)11-5)6(3)8-13-16-17-14-8/h6,17-18H,4H2,1-3H3;5,16,18H,1-4H3;4,17,20H,1-3H3,(H,15,16,18,19);4,15-17H,5H2,1-3H3;3,16,18H,1-2H3;3,14,18H,1-2H3,(H,12,15)(H,13,16);2,15,20H,1H3,(H,11,18)(H,12,19)(H,13,14,16,17). The molecule has 9 heterocycles. The molecule has 0 saturated carbocycles. The zero-order valence-corrected chi connectivity index (χ0v) is 81.1. The highest BCUT2D eigenvalue weighted by Gasteiger charge is 2.29. The van der Waals surface area contributed by atoms with E-state index in [0.717, 1.165) is 5.56 Å². The van der Waals surface area contributed by atoms with Crippen LogP contribution >= 0.6 is 23.2 Å². The maximum Gasteiger partial charge on any atom is 0.340 e. The molecule has 776 valence electrons. The number of aromatic nitrogens is 22. The van der Waals surface area contributed by atoms with Crippen molar-refractivity contribution in [1.29, 1.82) is 5.26 Å². The van der Waals surface area contributed by atoms with Crippen LogP contribution in [-0.2, 0) is 62.2 Å². The third kappa shape index (κ3) is 24.6. The molecule has 0 saturated heterocycles. The molecule has 0 atom stereocenters. The van der Waals surface area contributed by atoms with Gasteiger partial charge in [0.05, 0.1) is 226 Å². The summed E-state index contributed by atoms with van der Waals surface area (Å²) >= 11 is 11.6. The molecule has 0 unspecified atom stereocenters.